The Morgan fingerprint density at radius 3 is 2.84 bits per heavy atom. The number of carbonyl (C=O) groups is 1. The Morgan fingerprint density at radius 2 is 2.06 bits per heavy atom. The fraction of sp³-hybridized carbons (Fsp3) is 0.174. The molecule has 31 heavy (non-hydrogen) atoms. The number of rotatable bonds is 8. The molecular formula is C23H19Cl2N3O2S. The highest BCUT2D eigenvalue weighted by Gasteiger charge is 2.14. The summed E-state index contributed by atoms with van der Waals surface area (Å²) in [5.74, 6) is 0.0920. The first-order valence-electron chi connectivity index (χ1n) is 9.54. The lowest BCUT2D eigenvalue weighted by atomic mass is 10.1. The maximum atomic E-state index is 12.6. The van der Waals surface area contributed by atoms with Gasteiger partial charge in [-0.1, -0.05) is 60.5 Å². The van der Waals surface area contributed by atoms with Crippen LogP contribution in [0.15, 0.2) is 54.2 Å². The molecule has 0 aliphatic carbocycles. The van der Waals surface area contributed by atoms with Crippen molar-refractivity contribution in [2.75, 3.05) is 11.9 Å². The molecule has 0 saturated heterocycles. The van der Waals surface area contributed by atoms with Gasteiger partial charge in [0.05, 0.1) is 16.7 Å². The van der Waals surface area contributed by atoms with Crippen LogP contribution < -0.4 is 10.1 Å². The molecule has 8 heteroatoms. The minimum absolute atomic E-state index is 0.0396. The summed E-state index contributed by atoms with van der Waals surface area (Å²) in [7, 11) is 0. The van der Waals surface area contributed by atoms with Gasteiger partial charge in [-0.2, -0.15) is 5.26 Å². The first-order chi connectivity index (χ1) is 15.0. The average Bonchev–Trinajstić information content (AvgIpc) is 3.21. The zero-order valence-corrected chi connectivity index (χ0v) is 19.0. The van der Waals surface area contributed by atoms with E-state index >= 15 is 0 Å². The number of para-hydroxylation sites is 1. The van der Waals surface area contributed by atoms with Crippen molar-refractivity contribution in [3.05, 3.63) is 80.3 Å². The van der Waals surface area contributed by atoms with Crippen LogP contribution in [0.1, 0.15) is 29.3 Å². The minimum atomic E-state index is -0.533. The van der Waals surface area contributed by atoms with Crippen molar-refractivity contribution in [2.45, 2.75) is 19.8 Å². The third kappa shape index (κ3) is 6.08. The van der Waals surface area contributed by atoms with E-state index in [0.717, 1.165) is 16.9 Å². The van der Waals surface area contributed by atoms with Gasteiger partial charge in [0.1, 0.15) is 17.4 Å². The van der Waals surface area contributed by atoms with E-state index in [9.17, 15) is 10.1 Å². The van der Waals surface area contributed by atoms with E-state index in [1.807, 2.05) is 43.3 Å². The summed E-state index contributed by atoms with van der Waals surface area (Å²) in [4.78, 5) is 17.8. The van der Waals surface area contributed by atoms with Crippen molar-refractivity contribution in [2.24, 2.45) is 0 Å². The van der Waals surface area contributed by atoms with Crippen LogP contribution in [0.5, 0.6) is 5.75 Å². The van der Waals surface area contributed by atoms with Crippen LogP contribution in [-0.4, -0.2) is 17.5 Å². The summed E-state index contributed by atoms with van der Waals surface area (Å²) in [6, 6.07) is 14.7. The number of nitrogens with one attached hydrogen (secondary N) is 1. The lowest BCUT2D eigenvalue weighted by molar-refractivity contribution is -0.112. The van der Waals surface area contributed by atoms with Gasteiger partial charge in [0, 0.05) is 23.1 Å². The van der Waals surface area contributed by atoms with Crippen LogP contribution in [0.25, 0.3) is 6.08 Å². The highest BCUT2D eigenvalue weighted by atomic mass is 35.5. The Kier molecular flexibility index (Phi) is 8.07. The molecule has 0 fully saturated rings. The van der Waals surface area contributed by atoms with Gasteiger partial charge in [-0.3, -0.25) is 10.1 Å². The standard InChI is InChI=1S/C23H19Cl2N3O2S/c1-2-10-30-20-9-4-3-6-15(20)11-17(13-26)22(29)28-23-27-14-18(31-23)12-16-7-5-8-19(24)21(16)25/h3-9,11,14H,2,10,12H2,1H3,(H,27,28,29). The SMILES string of the molecule is CCCOc1ccccc1C=C(C#N)C(=O)Nc1ncc(Cc2cccc(Cl)c2Cl)s1. The van der Waals surface area contributed by atoms with Gasteiger partial charge in [-0.05, 0) is 30.2 Å². The van der Waals surface area contributed by atoms with Crippen molar-refractivity contribution in [3.8, 4) is 11.8 Å². The van der Waals surface area contributed by atoms with E-state index in [0.29, 0.717) is 39.5 Å². The second kappa shape index (κ2) is 11.0. The molecule has 158 valence electrons. The van der Waals surface area contributed by atoms with E-state index in [1.54, 1.807) is 18.3 Å². The van der Waals surface area contributed by atoms with Gasteiger partial charge >= 0.3 is 0 Å². The number of ether oxygens (including phenoxy) is 1. The summed E-state index contributed by atoms with van der Waals surface area (Å²) in [6.07, 6.45) is 4.58. The molecule has 5 nitrogen and oxygen atoms in total. The van der Waals surface area contributed by atoms with Crippen molar-refractivity contribution < 1.29 is 9.53 Å². The Morgan fingerprint density at radius 1 is 1.26 bits per heavy atom. The molecule has 0 atom stereocenters. The monoisotopic (exact) mass is 471 g/mol. The summed E-state index contributed by atoms with van der Waals surface area (Å²) in [5.41, 5.74) is 1.50. The molecule has 0 aliphatic rings. The van der Waals surface area contributed by atoms with Crippen LogP contribution in [0.4, 0.5) is 5.13 Å². The maximum Gasteiger partial charge on any atom is 0.268 e. The van der Waals surface area contributed by atoms with E-state index in [2.05, 4.69) is 10.3 Å². The number of amides is 1. The summed E-state index contributed by atoms with van der Waals surface area (Å²) in [6.45, 7) is 2.56. The summed E-state index contributed by atoms with van der Waals surface area (Å²) < 4.78 is 5.69. The molecule has 0 saturated carbocycles. The number of hydrogen-bond acceptors (Lipinski definition) is 5. The largest absolute Gasteiger partial charge is 0.493 e. The Balaban J connectivity index is 1.73. The number of halogens is 2. The van der Waals surface area contributed by atoms with Crippen molar-refractivity contribution in [1.29, 1.82) is 5.26 Å². The Bertz CT molecular complexity index is 1150. The minimum Gasteiger partial charge on any atom is -0.493 e. The molecule has 1 amide bonds. The van der Waals surface area contributed by atoms with E-state index < -0.39 is 5.91 Å². The highest BCUT2D eigenvalue weighted by Crippen LogP contribution is 2.30. The smallest absolute Gasteiger partial charge is 0.268 e. The zero-order valence-electron chi connectivity index (χ0n) is 16.7. The lowest BCUT2D eigenvalue weighted by Crippen LogP contribution is -2.13. The number of nitriles is 1. The second-order valence-corrected chi connectivity index (χ2v) is 8.43. The summed E-state index contributed by atoms with van der Waals surface area (Å²) in [5, 5.41) is 13.6. The Hall–Kier alpha value is -2.85. The maximum absolute atomic E-state index is 12.6. The topological polar surface area (TPSA) is 75.0 Å². The summed E-state index contributed by atoms with van der Waals surface area (Å²) >= 11 is 13.6. The first kappa shape index (κ1) is 22.8. The fourth-order valence-corrected chi connectivity index (χ4v) is 3.95. The van der Waals surface area contributed by atoms with Gasteiger partial charge in [-0.15, -0.1) is 11.3 Å². The number of anilines is 1. The van der Waals surface area contributed by atoms with E-state index in [1.165, 1.54) is 17.4 Å². The van der Waals surface area contributed by atoms with Gasteiger partial charge < -0.3 is 4.74 Å². The molecule has 0 aliphatic heterocycles. The quantitative estimate of drug-likeness (QED) is 0.305. The zero-order chi connectivity index (χ0) is 22.2. The third-order valence-corrected chi connectivity index (χ3v) is 5.99. The molecule has 0 radical (unpaired) electrons. The van der Waals surface area contributed by atoms with Gasteiger partial charge in [0.15, 0.2) is 5.13 Å². The van der Waals surface area contributed by atoms with Crippen LogP contribution in [-0.2, 0) is 11.2 Å². The predicted octanol–water partition coefficient (Wildman–Crippen LogP) is 6.38. The number of aromatic nitrogens is 1. The lowest BCUT2D eigenvalue weighted by Gasteiger charge is -2.08. The molecule has 3 aromatic rings. The molecule has 1 N–H and O–H groups in total. The van der Waals surface area contributed by atoms with E-state index in [4.69, 9.17) is 27.9 Å². The normalized spacial score (nSPS) is 11.1. The second-order valence-electron chi connectivity index (χ2n) is 6.53. The Labute approximate surface area is 194 Å². The van der Waals surface area contributed by atoms with Crippen LogP contribution >= 0.6 is 34.5 Å². The molecule has 0 bridgehead atoms. The average molecular weight is 472 g/mol. The number of benzene rings is 2. The van der Waals surface area contributed by atoms with Gasteiger partial charge in [0.25, 0.3) is 5.91 Å². The van der Waals surface area contributed by atoms with Gasteiger partial charge in [0.2, 0.25) is 0 Å². The molecule has 3 rings (SSSR count). The van der Waals surface area contributed by atoms with Crippen LogP contribution in [0.2, 0.25) is 10.0 Å². The first-order valence-corrected chi connectivity index (χ1v) is 11.1. The molecular weight excluding hydrogens is 453 g/mol. The number of carbonyl (C=O) groups excluding carboxylic acids is 1. The highest BCUT2D eigenvalue weighted by molar-refractivity contribution is 7.15. The third-order valence-electron chi connectivity index (χ3n) is 4.22. The van der Waals surface area contributed by atoms with Crippen molar-refractivity contribution in [3.63, 3.8) is 0 Å². The van der Waals surface area contributed by atoms with Crippen LogP contribution in [0.3, 0.4) is 0 Å². The molecule has 1 aromatic heterocycles. The molecule has 0 spiro atoms. The molecule has 2 aromatic carbocycles. The van der Waals surface area contributed by atoms with Gasteiger partial charge in [-0.25, -0.2) is 4.98 Å². The number of thiazole rings is 1. The molecule has 1 heterocycles. The fourth-order valence-electron chi connectivity index (χ4n) is 2.73. The van der Waals surface area contributed by atoms with Crippen molar-refractivity contribution >= 4 is 51.7 Å². The number of hydrogen-bond donors (Lipinski definition) is 1. The predicted molar refractivity (Wildman–Crippen MR) is 126 cm³/mol. The number of nitrogens with zero attached hydrogens (tertiary/aromatic N) is 2. The van der Waals surface area contributed by atoms with Crippen LogP contribution in [0, 0.1) is 11.3 Å². The molecule has 0 unspecified atom stereocenters. The van der Waals surface area contributed by atoms with Crippen molar-refractivity contribution in [1.82, 2.24) is 4.98 Å². The van der Waals surface area contributed by atoms with E-state index in [-0.39, 0.29) is 5.57 Å².